The summed E-state index contributed by atoms with van der Waals surface area (Å²) in [5.41, 5.74) is 0.478. The molecule has 1 atom stereocenters. The van der Waals surface area contributed by atoms with E-state index in [4.69, 9.17) is 4.74 Å². The standard InChI is InChI=1S/C13H24N2O2/c1-3-11(17-2)12(16)15-8-5-13(6-9-15)4-7-14-10-13/h11,14H,3-10H2,1-2H3. The number of carbonyl (C=O) groups excluding carboxylic acids is 1. The highest BCUT2D eigenvalue weighted by Crippen LogP contribution is 2.37. The Labute approximate surface area is 104 Å². The summed E-state index contributed by atoms with van der Waals surface area (Å²) >= 11 is 0. The molecule has 2 aliphatic rings. The van der Waals surface area contributed by atoms with Crippen molar-refractivity contribution in [3.05, 3.63) is 0 Å². The van der Waals surface area contributed by atoms with E-state index >= 15 is 0 Å². The topological polar surface area (TPSA) is 41.6 Å². The first-order chi connectivity index (χ1) is 8.21. The van der Waals surface area contributed by atoms with Crippen LogP contribution in [0.3, 0.4) is 0 Å². The van der Waals surface area contributed by atoms with Crippen LogP contribution < -0.4 is 5.32 Å². The second-order valence-corrected chi connectivity index (χ2v) is 5.38. The molecule has 1 unspecified atom stereocenters. The first kappa shape index (κ1) is 12.8. The lowest BCUT2D eigenvalue weighted by atomic mass is 9.78. The molecule has 2 aliphatic heterocycles. The quantitative estimate of drug-likeness (QED) is 0.800. The Morgan fingerprint density at radius 3 is 2.59 bits per heavy atom. The molecule has 0 aromatic carbocycles. The Hall–Kier alpha value is -0.610. The zero-order chi connectivity index (χ0) is 12.3. The van der Waals surface area contributed by atoms with Gasteiger partial charge in [0.25, 0.3) is 5.91 Å². The number of piperidine rings is 1. The summed E-state index contributed by atoms with van der Waals surface area (Å²) in [6.07, 6.45) is 4.08. The minimum absolute atomic E-state index is 0.177. The lowest BCUT2D eigenvalue weighted by Crippen LogP contribution is -2.47. The van der Waals surface area contributed by atoms with Crippen molar-refractivity contribution in [3.63, 3.8) is 0 Å². The lowest BCUT2D eigenvalue weighted by molar-refractivity contribution is -0.144. The van der Waals surface area contributed by atoms with Gasteiger partial charge in [-0.1, -0.05) is 6.92 Å². The molecule has 1 spiro atoms. The highest BCUT2D eigenvalue weighted by atomic mass is 16.5. The molecule has 4 heteroatoms. The SMILES string of the molecule is CCC(OC)C(=O)N1CCC2(CCNC2)CC1. The van der Waals surface area contributed by atoms with Gasteiger partial charge < -0.3 is 15.0 Å². The summed E-state index contributed by atoms with van der Waals surface area (Å²) in [5.74, 6) is 0.177. The number of methoxy groups -OCH3 is 1. The van der Waals surface area contributed by atoms with Gasteiger partial charge in [0.05, 0.1) is 0 Å². The molecular formula is C13H24N2O2. The Balaban J connectivity index is 1.88. The summed E-state index contributed by atoms with van der Waals surface area (Å²) in [6, 6.07) is 0. The number of ether oxygens (including phenoxy) is 1. The fourth-order valence-electron chi connectivity index (χ4n) is 3.07. The fourth-order valence-corrected chi connectivity index (χ4v) is 3.07. The number of rotatable bonds is 3. The highest BCUT2D eigenvalue weighted by Gasteiger charge is 2.38. The van der Waals surface area contributed by atoms with E-state index < -0.39 is 0 Å². The van der Waals surface area contributed by atoms with Crippen LogP contribution in [0.2, 0.25) is 0 Å². The van der Waals surface area contributed by atoms with Crippen LogP contribution in [0.15, 0.2) is 0 Å². The van der Waals surface area contributed by atoms with E-state index in [-0.39, 0.29) is 12.0 Å². The van der Waals surface area contributed by atoms with Gasteiger partial charge in [-0.3, -0.25) is 4.79 Å². The van der Waals surface area contributed by atoms with Gasteiger partial charge >= 0.3 is 0 Å². The summed E-state index contributed by atoms with van der Waals surface area (Å²) in [6.45, 7) is 6.08. The van der Waals surface area contributed by atoms with Crippen LogP contribution in [-0.2, 0) is 9.53 Å². The van der Waals surface area contributed by atoms with E-state index in [9.17, 15) is 4.79 Å². The minimum Gasteiger partial charge on any atom is -0.372 e. The molecule has 2 fully saturated rings. The van der Waals surface area contributed by atoms with Crippen molar-refractivity contribution in [1.29, 1.82) is 0 Å². The maximum absolute atomic E-state index is 12.1. The number of hydrogen-bond donors (Lipinski definition) is 1. The summed E-state index contributed by atoms with van der Waals surface area (Å²) in [7, 11) is 1.62. The Morgan fingerprint density at radius 1 is 1.41 bits per heavy atom. The first-order valence-corrected chi connectivity index (χ1v) is 6.73. The predicted octanol–water partition coefficient (Wildman–Crippen LogP) is 1.01. The van der Waals surface area contributed by atoms with Crippen LogP contribution in [0.4, 0.5) is 0 Å². The van der Waals surface area contributed by atoms with Crippen LogP contribution in [-0.4, -0.2) is 50.2 Å². The van der Waals surface area contributed by atoms with Crippen molar-refractivity contribution in [2.75, 3.05) is 33.3 Å². The van der Waals surface area contributed by atoms with Crippen molar-refractivity contribution >= 4 is 5.91 Å². The van der Waals surface area contributed by atoms with Crippen molar-refractivity contribution in [2.45, 2.75) is 38.7 Å². The number of amides is 1. The molecule has 0 aromatic heterocycles. The largest absolute Gasteiger partial charge is 0.372 e. The van der Waals surface area contributed by atoms with Crippen molar-refractivity contribution in [1.82, 2.24) is 10.2 Å². The van der Waals surface area contributed by atoms with Gasteiger partial charge in [0, 0.05) is 26.7 Å². The summed E-state index contributed by atoms with van der Waals surface area (Å²) in [4.78, 5) is 14.1. The molecule has 0 bridgehead atoms. The predicted molar refractivity (Wildman–Crippen MR) is 66.8 cm³/mol. The summed E-state index contributed by atoms with van der Waals surface area (Å²) < 4.78 is 5.23. The van der Waals surface area contributed by atoms with Gasteiger partial charge in [0.1, 0.15) is 6.10 Å². The van der Waals surface area contributed by atoms with Crippen LogP contribution in [0.1, 0.15) is 32.6 Å². The van der Waals surface area contributed by atoms with Crippen LogP contribution in [0.5, 0.6) is 0 Å². The molecule has 17 heavy (non-hydrogen) atoms. The monoisotopic (exact) mass is 240 g/mol. The Morgan fingerprint density at radius 2 is 2.12 bits per heavy atom. The smallest absolute Gasteiger partial charge is 0.251 e. The third-order valence-electron chi connectivity index (χ3n) is 4.40. The normalized spacial score (nSPS) is 25.2. The van der Waals surface area contributed by atoms with Gasteiger partial charge in [-0.15, -0.1) is 0 Å². The van der Waals surface area contributed by atoms with E-state index in [1.807, 2.05) is 11.8 Å². The molecule has 1 amide bonds. The van der Waals surface area contributed by atoms with Crippen LogP contribution in [0.25, 0.3) is 0 Å². The molecule has 4 nitrogen and oxygen atoms in total. The van der Waals surface area contributed by atoms with Crippen molar-refractivity contribution in [3.8, 4) is 0 Å². The number of likely N-dealkylation sites (tertiary alicyclic amines) is 1. The second-order valence-electron chi connectivity index (χ2n) is 5.38. The van der Waals surface area contributed by atoms with Crippen LogP contribution in [0, 0.1) is 5.41 Å². The third-order valence-corrected chi connectivity index (χ3v) is 4.40. The lowest BCUT2D eigenvalue weighted by Gasteiger charge is -2.39. The Bertz CT molecular complexity index is 261. The first-order valence-electron chi connectivity index (χ1n) is 6.73. The molecule has 2 heterocycles. The van der Waals surface area contributed by atoms with Crippen molar-refractivity contribution in [2.24, 2.45) is 5.41 Å². The zero-order valence-corrected chi connectivity index (χ0v) is 11.0. The number of nitrogens with zero attached hydrogens (tertiary/aromatic N) is 1. The Kier molecular flexibility index (Phi) is 4.05. The maximum atomic E-state index is 12.1. The molecule has 2 saturated heterocycles. The van der Waals surface area contributed by atoms with E-state index in [0.717, 1.165) is 45.4 Å². The highest BCUT2D eigenvalue weighted by molar-refractivity contribution is 5.81. The zero-order valence-electron chi connectivity index (χ0n) is 11.0. The molecule has 98 valence electrons. The molecule has 2 rings (SSSR count). The van der Waals surface area contributed by atoms with Gasteiger partial charge in [0.2, 0.25) is 0 Å². The van der Waals surface area contributed by atoms with Crippen molar-refractivity contribution < 1.29 is 9.53 Å². The number of carbonyl (C=O) groups is 1. The van der Waals surface area contributed by atoms with E-state index in [1.54, 1.807) is 7.11 Å². The molecule has 0 aromatic rings. The van der Waals surface area contributed by atoms with Gasteiger partial charge in [-0.2, -0.15) is 0 Å². The van der Waals surface area contributed by atoms with Gasteiger partial charge in [-0.25, -0.2) is 0 Å². The average Bonchev–Trinajstić information content (AvgIpc) is 2.80. The molecule has 0 aliphatic carbocycles. The second kappa shape index (κ2) is 5.36. The molecule has 0 radical (unpaired) electrons. The number of hydrogen-bond acceptors (Lipinski definition) is 3. The molecule has 0 saturated carbocycles. The minimum atomic E-state index is -0.245. The fraction of sp³-hybridized carbons (Fsp3) is 0.923. The number of nitrogens with one attached hydrogen (secondary N) is 1. The summed E-state index contributed by atoms with van der Waals surface area (Å²) in [5, 5.41) is 3.44. The van der Waals surface area contributed by atoms with E-state index in [0.29, 0.717) is 5.41 Å². The van der Waals surface area contributed by atoms with Crippen LogP contribution >= 0.6 is 0 Å². The average molecular weight is 240 g/mol. The van der Waals surface area contributed by atoms with E-state index in [1.165, 1.54) is 6.42 Å². The maximum Gasteiger partial charge on any atom is 0.251 e. The van der Waals surface area contributed by atoms with Gasteiger partial charge in [-0.05, 0) is 37.6 Å². The van der Waals surface area contributed by atoms with Gasteiger partial charge in [0.15, 0.2) is 0 Å². The molecule has 1 N–H and O–H groups in total. The molecular weight excluding hydrogens is 216 g/mol. The van der Waals surface area contributed by atoms with E-state index in [2.05, 4.69) is 5.32 Å². The third kappa shape index (κ3) is 2.63.